The summed E-state index contributed by atoms with van der Waals surface area (Å²) in [6.45, 7) is 10.7. The minimum absolute atomic E-state index is 0. The maximum Gasteiger partial charge on any atom is 0.0900 e. The molecule has 0 saturated carbocycles. The summed E-state index contributed by atoms with van der Waals surface area (Å²) in [5, 5.41) is 10.3. The average Bonchev–Trinajstić information content (AvgIpc) is 2.63. The van der Waals surface area contributed by atoms with Gasteiger partial charge in [-0.1, -0.05) is 30.3 Å². The lowest BCUT2D eigenvalue weighted by molar-refractivity contribution is -0.0234. The number of nitrogens with zero attached hydrogens (tertiary/aromatic N) is 1. The first-order chi connectivity index (χ1) is 9.81. The molecule has 1 saturated heterocycles. The van der Waals surface area contributed by atoms with Crippen molar-refractivity contribution in [2.24, 2.45) is 0 Å². The third-order valence-corrected chi connectivity index (χ3v) is 4.63. The van der Waals surface area contributed by atoms with E-state index >= 15 is 0 Å². The van der Waals surface area contributed by atoms with Crippen LogP contribution in [0.25, 0.3) is 0 Å². The van der Waals surface area contributed by atoms with Gasteiger partial charge in [-0.2, -0.15) is 0 Å². The number of benzene rings is 1. The first kappa shape index (κ1) is 19.4. The van der Waals surface area contributed by atoms with E-state index in [1.165, 1.54) is 12.8 Å². The fraction of sp³-hybridized carbons (Fsp3) is 0.667. The van der Waals surface area contributed by atoms with Crippen molar-refractivity contribution < 1.29 is 9.84 Å². The molecule has 0 aromatic heterocycles. The lowest BCUT2D eigenvalue weighted by Gasteiger charge is -2.41. The molecule has 1 aliphatic rings. The molecule has 3 nitrogen and oxygen atoms in total. The van der Waals surface area contributed by atoms with Crippen LogP contribution in [0, 0.1) is 0 Å². The number of hydrogen-bond acceptors (Lipinski definition) is 3. The van der Waals surface area contributed by atoms with Crippen LogP contribution in [0.2, 0.25) is 0 Å². The summed E-state index contributed by atoms with van der Waals surface area (Å²) in [6, 6.07) is 10.1. The number of halogens is 1. The second-order valence-corrected chi connectivity index (χ2v) is 7.39. The monoisotopic (exact) mass is 327 g/mol. The largest absolute Gasteiger partial charge is 0.389 e. The van der Waals surface area contributed by atoms with E-state index in [4.69, 9.17) is 4.74 Å². The number of ether oxygens (including phenoxy) is 1. The standard InChI is InChI=1S/C18H29NO2.ClH/c1-17(2)10-11-18(3,4)19(17)12-16(20)14-21-13-15-8-6-5-7-9-15;/h5-9,16,20H,10-14H2,1-4H3;1H. The molecule has 0 bridgehead atoms. The van der Waals surface area contributed by atoms with Crippen molar-refractivity contribution >= 4 is 12.4 Å². The lowest BCUT2D eigenvalue weighted by atomic mass is 10.0. The molecule has 1 heterocycles. The van der Waals surface area contributed by atoms with Crippen LogP contribution in [0.15, 0.2) is 30.3 Å². The van der Waals surface area contributed by atoms with Gasteiger partial charge >= 0.3 is 0 Å². The molecule has 1 N–H and O–H groups in total. The van der Waals surface area contributed by atoms with E-state index in [-0.39, 0.29) is 23.5 Å². The molecular formula is C18H30ClNO2. The Kier molecular flexibility index (Phi) is 6.87. The van der Waals surface area contributed by atoms with Crippen molar-refractivity contribution in [3.63, 3.8) is 0 Å². The van der Waals surface area contributed by atoms with E-state index in [1.807, 2.05) is 30.3 Å². The fourth-order valence-electron chi connectivity index (χ4n) is 3.35. The molecule has 1 aliphatic heterocycles. The molecule has 4 heteroatoms. The van der Waals surface area contributed by atoms with Gasteiger partial charge in [0.05, 0.1) is 19.3 Å². The van der Waals surface area contributed by atoms with Gasteiger partial charge in [0.25, 0.3) is 0 Å². The number of rotatable bonds is 6. The van der Waals surface area contributed by atoms with E-state index in [0.717, 1.165) is 5.56 Å². The molecule has 22 heavy (non-hydrogen) atoms. The summed E-state index contributed by atoms with van der Waals surface area (Å²) in [4.78, 5) is 2.43. The summed E-state index contributed by atoms with van der Waals surface area (Å²) >= 11 is 0. The minimum atomic E-state index is -0.439. The van der Waals surface area contributed by atoms with Crippen molar-refractivity contribution in [2.75, 3.05) is 13.2 Å². The smallest absolute Gasteiger partial charge is 0.0900 e. The summed E-state index contributed by atoms with van der Waals surface area (Å²) in [7, 11) is 0. The van der Waals surface area contributed by atoms with Gasteiger partial charge in [0.1, 0.15) is 0 Å². The zero-order valence-corrected chi connectivity index (χ0v) is 15.0. The Hall–Kier alpha value is -0.610. The molecule has 0 amide bonds. The van der Waals surface area contributed by atoms with E-state index in [2.05, 4.69) is 32.6 Å². The Labute approximate surface area is 141 Å². The summed E-state index contributed by atoms with van der Waals surface area (Å²) < 4.78 is 5.65. The quantitative estimate of drug-likeness (QED) is 0.866. The molecule has 1 aromatic rings. The second-order valence-electron chi connectivity index (χ2n) is 7.39. The molecule has 0 aliphatic carbocycles. The summed E-state index contributed by atoms with van der Waals surface area (Å²) in [5.74, 6) is 0. The van der Waals surface area contributed by atoms with Gasteiger partial charge in [-0.25, -0.2) is 0 Å². The second kappa shape index (κ2) is 7.78. The normalized spacial score (nSPS) is 21.3. The molecule has 0 radical (unpaired) electrons. The highest BCUT2D eigenvalue weighted by Gasteiger charge is 2.44. The molecule has 1 aromatic carbocycles. The van der Waals surface area contributed by atoms with Crippen LogP contribution in [-0.4, -0.2) is 40.3 Å². The number of likely N-dealkylation sites (tertiary alicyclic amines) is 1. The highest BCUT2D eigenvalue weighted by molar-refractivity contribution is 5.85. The van der Waals surface area contributed by atoms with Crippen molar-refractivity contribution in [3.05, 3.63) is 35.9 Å². The highest BCUT2D eigenvalue weighted by Crippen LogP contribution is 2.40. The Balaban J connectivity index is 0.00000242. The van der Waals surface area contributed by atoms with Crippen molar-refractivity contribution in [2.45, 2.75) is 64.3 Å². The van der Waals surface area contributed by atoms with Gasteiger partial charge in [0, 0.05) is 17.6 Å². The maximum absolute atomic E-state index is 10.3. The summed E-state index contributed by atoms with van der Waals surface area (Å²) in [6.07, 6.45) is 1.92. The zero-order chi connectivity index (χ0) is 15.5. The Bertz CT molecular complexity index is 432. The maximum atomic E-state index is 10.3. The third-order valence-electron chi connectivity index (χ3n) is 4.63. The average molecular weight is 328 g/mol. The molecular weight excluding hydrogens is 298 g/mol. The number of hydrogen-bond donors (Lipinski definition) is 1. The minimum Gasteiger partial charge on any atom is -0.389 e. The molecule has 0 spiro atoms. The Morgan fingerprint density at radius 1 is 1.09 bits per heavy atom. The molecule has 1 atom stereocenters. The van der Waals surface area contributed by atoms with Crippen LogP contribution in [0.5, 0.6) is 0 Å². The number of β-amino-alcohol motifs (C(OH)–C–C–N with tert-alkyl or cyclic N) is 1. The van der Waals surface area contributed by atoms with Gasteiger partial charge < -0.3 is 9.84 Å². The van der Waals surface area contributed by atoms with Gasteiger partial charge in [0.2, 0.25) is 0 Å². The molecule has 2 rings (SSSR count). The first-order valence-electron chi connectivity index (χ1n) is 7.89. The topological polar surface area (TPSA) is 32.7 Å². The van der Waals surface area contributed by atoms with Crippen LogP contribution < -0.4 is 0 Å². The zero-order valence-electron chi connectivity index (χ0n) is 14.2. The number of aliphatic hydroxyl groups is 1. The van der Waals surface area contributed by atoms with Crippen molar-refractivity contribution in [1.29, 1.82) is 0 Å². The SMILES string of the molecule is CC1(C)CCC(C)(C)N1CC(O)COCc1ccccc1.Cl. The Morgan fingerprint density at radius 3 is 2.18 bits per heavy atom. The predicted molar refractivity (Wildman–Crippen MR) is 93.5 cm³/mol. The van der Waals surface area contributed by atoms with E-state index in [1.54, 1.807) is 0 Å². The van der Waals surface area contributed by atoms with E-state index < -0.39 is 6.10 Å². The van der Waals surface area contributed by atoms with Crippen LogP contribution in [-0.2, 0) is 11.3 Å². The lowest BCUT2D eigenvalue weighted by Crippen LogP contribution is -2.52. The van der Waals surface area contributed by atoms with Gasteiger partial charge in [-0.15, -0.1) is 12.4 Å². The third kappa shape index (κ3) is 4.95. The molecule has 126 valence electrons. The van der Waals surface area contributed by atoms with Crippen LogP contribution >= 0.6 is 12.4 Å². The highest BCUT2D eigenvalue weighted by atomic mass is 35.5. The van der Waals surface area contributed by atoms with Crippen LogP contribution in [0.4, 0.5) is 0 Å². The molecule has 1 unspecified atom stereocenters. The first-order valence-corrected chi connectivity index (χ1v) is 7.89. The Morgan fingerprint density at radius 2 is 1.64 bits per heavy atom. The van der Waals surface area contributed by atoms with Crippen molar-refractivity contribution in [3.8, 4) is 0 Å². The number of aliphatic hydroxyl groups excluding tert-OH is 1. The van der Waals surface area contributed by atoms with E-state index in [9.17, 15) is 5.11 Å². The van der Waals surface area contributed by atoms with Crippen molar-refractivity contribution in [1.82, 2.24) is 4.90 Å². The van der Waals surface area contributed by atoms with Gasteiger partial charge in [0.15, 0.2) is 0 Å². The van der Waals surface area contributed by atoms with Gasteiger partial charge in [-0.05, 0) is 46.1 Å². The van der Waals surface area contributed by atoms with Crippen LogP contribution in [0.1, 0.15) is 46.1 Å². The fourth-order valence-corrected chi connectivity index (χ4v) is 3.35. The van der Waals surface area contributed by atoms with Gasteiger partial charge in [-0.3, -0.25) is 4.90 Å². The molecule has 1 fully saturated rings. The van der Waals surface area contributed by atoms with Crippen LogP contribution in [0.3, 0.4) is 0 Å². The summed E-state index contributed by atoms with van der Waals surface area (Å²) in [5.41, 5.74) is 1.46. The van der Waals surface area contributed by atoms with E-state index in [0.29, 0.717) is 19.8 Å². The predicted octanol–water partition coefficient (Wildman–Crippen LogP) is 3.64.